The summed E-state index contributed by atoms with van der Waals surface area (Å²) in [7, 11) is 0. The number of carboxylic acid groups (broad SMARTS) is 1. The molecule has 1 saturated carbocycles. The van der Waals surface area contributed by atoms with Crippen molar-refractivity contribution in [3.8, 4) is 0 Å². The summed E-state index contributed by atoms with van der Waals surface area (Å²) >= 11 is 3.49. The predicted octanol–water partition coefficient (Wildman–Crippen LogP) is 2.38. The second kappa shape index (κ2) is 5.39. The smallest absolute Gasteiger partial charge is 0.137 e. The van der Waals surface area contributed by atoms with Crippen LogP contribution in [0, 0.1) is 5.92 Å². The molecule has 4 heteroatoms. The fraction of sp³-hybridized carbons (Fsp3) is 0.917. The molecule has 0 radical (unpaired) electrons. The van der Waals surface area contributed by atoms with Crippen molar-refractivity contribution in [3.05, 3.63) is 0 Å². The third-order valence-corrected chi connectivity index (χ3v) is 4.23. The van der Waals surface area contributed by atoms with Crippen LogP contribution >= 0.6 is 15.9 Å². The summed E-state index contributed by atoms with van der Waals surface area (Å²) in [5.74, 6) is 0.708. The molecule has 0 aromatic rings. The zero-order valence-corrected chi connectivity index (χ0v) is 11.9. The summed E-state index contributed by atoms with van der Waals surface area (Å²) in [6.07, 6.45) is 3.10. The molecule has 0 aliphatic heterocycles. The fourth-order valence-corrected chi connectivity index (χ4v) is 3.18. The Morgan fingerprint density at radius 2 is 1.81 bits per heavy atom. The van der Waals surface area contributed by atoms with E-state index in [0.717, 1.165) is 31.0 Å². The van der Waals surface area contributed by atoms with E-state index in [4.69, 9.17) is 0 Å². The number of rotatable bonds is 2. The van der Waals surface area contributed by atoms with E-state index >= 15 is 0 Å². The maximum absolute atomic E-state index is 11.2. The van der Waals surface area contributed by atoms with Crippen LogP contribution in [0.3, 0.4) is 0 Å². The van der Waals surface area contributed by atoms with Crippen molar-refractivity contribution in [2.24, 2.45) is 5.92 Å². The zero-order valence-electron chi connectivity index (χ0n) is 10.3. The lowest BCUT2D eigenvalue weighted by Gasteiger charge is -2.46. The predicted molar refractivity (Wildman–Crippen MR) is 66.5 cm³/mol. The van der Waals surface area contributed by atoms with Gasteiger partial charge in [0.05, 0.1) is 0 Å². The number of hydrogen-bond donors (Lipinski definition) is 0. The monoisotopic (exact) mass is 290 g/mol. The first-order chi connectivity index (χ1) is 7.36. The standard InChI is InChI=1S/C12H22BrNO2/c1-12(2,3)14(11(15)16)10-6-4-9(8-13)5-7-10/h9-10H,4-8H2,1-3H3,(H,15,16)/p-1. The van der Waals surface area contributed by atoms with Crippen molar-refractivity contribution < 1.29 is 9.90 Å². The molecule has 0 heterocycles. The van der Waals surface area contributed by atoms with E-state index in [2.05, 4.69) is 15.9 Å². The van der Waals surface area contributed by atoms with E-state index in [9.17, 15) is 9.90 Å². The number of amides is 1. The Kier molecular flexibility index (Phi) is 4.65. The Balaban J connectivity index is 2.65. The van der Waals surface area contributed by atoms with E-state index in [1.54, 1.807) is 0 Å². The average Bonchev–Trinajstić information content (AvgIpc) is 2.16. The summed E-state index contributed by atoms with van der Waals surface area (Å²) < 4.78 is 0. The number of halogens is 1. The maximum Gasteiger partial charge on any atom is 0.137 e. The van der Waals surface area contributed by atoms with Crippen LogP contribution in [0.15, 0.2) is 0 Å². The average molecular weight is 291 g/mol. The molecule has 0 atom stereocenters. The highest BCUT2D eigenvalue weighted by Gasteiger charge is 2.31. The SMILES string of the molecule is CC(C)(C)N(C(=O)[O-])C1CCC(CBr)CC1. The molecule has 1 amide bonds. The molecule has 0 aromatic heterocycles. The number of nitrogens with zero attached hydrogens (tertiary/aromatic N) is 1. The van der Waals surface area contributed by atoms with Crippen LogP contribution < -0.4 is 5.11 Å². The molecule has 0 unspecified atom stereocenters. The van der Waals surface area contributed by atoms with Crippen LogP contribution in [0.4, 0.5) is 4.79 Å². The Morgan fingerprint density at radius 1 is 1.31 bits per heavy atom. The van der Waals surface area contributed by atoms with Gasteiger partial charge < -0.3 is 14.8 Å². The maximum atomic E-state index is 11.2. The first kappa shape index (κ1) is 13.8. The van der Waals surface area contributed by atoms with Crippen molar-refractivity contribution in [2.45, 2.75) is 58.0 Å². The van der Waals surface area contributed by atoms with Gasteiger partial charge >= 0.3 is 0 Å². The van der Waals surface area contributed by atoms with Gasteiger partial charge in [0.25, 0.3) is 0 Å². The van der Waals surface area contributed by atoms with Crippen molar-refractivity contribution in [1.82, 2.24) is 4.90 Å². The van der Waals surface area contributed by atoms with Crippen LogP contribution in [0.1, 0.15) is 46.5 Å². The lowest BCUT2D eigenvalue weighted by atomic mass is 9.85. The molecular formula is C12H21BrNO2-. The molecule has 16 heavy (non-hydrogen) atoms. The van der Waals surface area contributed by atoms with Gasteiger partial charge in [-0.15, -0.1) is 0 Å². The van der Waals surface area contributed by atoms with Crippen LogP contribution in [0.25, 0.3) is 0 Å². The highest BCUT2D eigenvalue weighted by molar-refractivity contribution is 9.09. The third-order valence-electron chi connectivity index (χ3n) is 3.32. The van der Waals surface area contributed by atoms with Gasteiger partial charge in [0.15, 0.2) is 0 Å². The van der Waals surface area contributed by atoms with E-state index in [-0.39, 0.29) is 11.6 Å². The molecule has 3 nitrogen and oxygen atoms in total. The molecule has 0 spiro atoms. The Labute approximate surface area is 106 Å². The molecule has 1 fully saturated rings. The largest absolute Gasteiger partial charge is 0.530 e. The molecule has 0 aromatic carbocycles. The van der Waals surface area contributed by atoms with Gasteiger partial charge in [-0.2, -0.15) is 0 Å². The van der Waals surface area contributed by atoms with Gasteiger partial charge in [-0.3, -0.25) is 0 Å². The van der Waals surface area contributed by atoms with Crippen LogP contribution in [0.2, 0.25) is 0 Å². The second-order valence-corrected chi connectivity index (χ2v) is 6.28. The highest BCUT2D eigenvalue weighted by Crippen LogP contribution is 2.31. The molecule has 0 bridgehead atoms. The van der Waals surface area contributed by atoms with E-state index in [1.807, 2.05) is 20.8 Å². The number of alkyl halides is 1. The van der Waals surface area contributed by atoms with Gasteiger partial charge in [0.2, 0.25) is 0 Å². The first-order valence-electron chi connectivity index (χ1n) is 5.92. The van der Waals surface area contributed by atoms with Crippen LogP contribution in [-0.4, -0.2) is 27.9 Å². The van der Waals surface area contributed by atoms with Crippen molar-refractivity contribution >= 4 is 22.0 Å². The third kappa shape index (κ3) is 3.37. The highest BCUT2D eigenvalue weighted by atomic mass is 79.9. The van der Waals surface area contributed by atoms with Crippen LogP contribution in [0.5, 0.6) is 0 Å². The molecule has 1 aliphatic rings. The Bertz CT molecular complexity index is 242. The Morgan fingerprint density at radius 3 is 2.12 bits per heavy atom. The van der Waals surface area contributed by atoms with Crippen LogP contribution in [-0.2, 0) is 0 Å². The van der Waals surface area contributed by atoms with E-state index < -0.39 is 6.09 Å². The zero-order chi connectivity index (χ0) is 12.3. The van der Waals surface area contributed by atoms with E-state index in [1.165, 1.54) is 4.90 Å². The molecule has 0 saturated heterocycles. The van der Waals surface area contributed by atoms with Gasteiger partial charge in [0, 0.05) is 16.9 Å². The molecule has 0 N–H and O–H groups in total. The molecule has 1 rings (SSSR count). The summed E-state index contributed by atoms with van der Waals surface area (Å²) in [5.41, 5.74) is -0.356. The van der Waals surface area contributed by atoms with Gasteiger partial charge in [-0.1, -0.05) is 15.9 Å². The lowest BCUT2D eigenvalue weighted by molar-refractivity contribution is -0.274. The van der Waals surface area contributed by atoms with Crippen molar-refractivity contribution in [2.75, 3.05) is 5.33 Å². The molecule has 94 valence electrons. The first-order valence-corrected chi connectivity index (χ1v) is 7.04. The van der Waals surface area contributed by atoms with Gasteiger partial charge in [0.1, 0.15) is 6.09 Å². The minimum atomic E-state index is -1.03. The summed E-state index contributed by atoms with van der Waals surface area (Å²) in [5, 5.41) is 12.2. The van der Waals surface area contributed by atoms with Crippen molar-refractivity contribution in [3.63, 3.8) is 0 Å². The second-order valence-electron chi connectivity index (χ2n) is 5.64. The summed E-state index contributed by atoms with van der Waals surface area (Å²) in [6, 6.07) is 0.139. The minimum absolute atomic E-state index is 0.139. The Hall–Kier alpha value is -0.250. The fourth-order valence-electron chi connectivity index (χ4n) is 2.53. The molecular weight excluding hydrogens is 270 g/mol. The topological polar surface area (TPSA) is 43.4 Å². The number of carbonyl (C=O) groups excluding carboxylic acids is 1. The minimum Gasteiger partial charge on any atom is -0.530 e. The lowest BCUT2D eigenvalue weighted by Crippen LogP contribution is -2.57. The summed E-state index contributed by atoms with van der Waals surface area (Å²) in [4.78, 5) is 12.7. The van der Waals surface area contributed by atoms with Gasteiger partial charge in [-0.05, 0) is 52.4 Å². The molecule has 1 aliphatic carbocycles. The normalized spacial score (nSPS) is 26.5. The van der Waals surface area contributed by atoms with Crippen molar-refractivity contribution in [1.29, 1.82) is 0 Å². The van der Waals surface area contributed by atoms with E-state index in [0.29, 0.717) is 5.92 Å². The number of carbonyl (C=O) groups is 1. The summed E-state index contributed by atoms with van der Waals surface area (Å²) in [6.45, 7) is 5.79. The number of hydrogen-bond acceptors (Lipinski definition) is 2. The quantitative estimate of drug-likeness (QED) is 0.733. The van der Waals surface area contributed by atoms with Gasteiger partial charge in [-0.25, -0.2) is 0 Å².